The lowest BCUT2D eigenvalue weighted by molar-refractivity contribution is -0.128. The van der Waals surface area contributed by atoms with Crippen molar-refractivity contribution in [2.45, 2.75) is 58.4 Å². The van der Waals surface area contributed by atoms with E-state index in [2.05, 4.69) is 56.9 Å². The van der Waals surface area contributed by atoms with Crippen molar-refractivity contribution in [3.8, 4) is 0 Å². The molecule has 1 aromatic rings. The van der Waals surface area contributed by atoms with Crippen LogP contribution in [0.4, 0.5) is 0 Å². The first kappa shape index (κ1) is 15.2. The quantitative estimate of drug-likeness (QED) is 0.813. The molecule has 1 saturated heterocycles. The molecule has 1 heterocycles. The summed E-state index contributed by atoms with van der Waals surface area (Å²) in [6.45, 7) is 10.6. The maximum absolute atomic E-state index is 12.6. The third kappa shape index (κ3) is 3.29. The first-order valence-corrected chi connectivity index (χ1v) is 7.78. The predicted molar refractivity (Wildman–Crippen MR) is 84.1 cm³/mol. The van der Waals surface area contributed by atoms with E-state index in [1.165, 1.54) is 18.4 Å². The first-order chi connectivity index (χ1) is 9.41. The van der Waals surface area contributed by atoms with Gasteiger partial charge >= 0.3 is 0 Å². The smallest absolute Gasteiger partial charge is 0.156 e. The minimum absolute atomic E-state index is 0.326. The molecular formula is C18H27NO. The molecule has 0 aliphatic carbocycles. The summed E-state index contributed by atoms with van der Waals surface area (Å²) in [5, 5.41) is 0. The molecule has 2 nitrogen and oxygen atoms in total. The van der Waals surface area contributed by atoms with Crippen molar-refractivity contribution < 1.29 is 4.79 Å². The number of Topliss-reactive ketones (excluding diaryl/α,β-unsaturated/α-hetero) is 1. The minimum atomic E-state index is -0.326. The zero-order valence-corrected chi connectivity index (χ0v) is 13.3. The fraction of sp³-hybridized carbons (Fsp3) is 0.611. The highest BCUT2D eigenvalue weighted by Gasteiger charge is 2.35. The number of ketones is 1. The normalized spacial score (nSPS) is 16.9. The highest BCUT2D eigenvalue weighted by atomic mass is 16.1. The van der Waals surface area contributed by atoms with Crippen LogP contribution in [0.15, 0.2) is 24.3 Å². The number of likely N-dealkylation sites (tertiary alicyclic amines) is 1. The molecule has 0 N–H and O–H groups in total. The molecule has 0 amide bonds. The lowest BCUT2D eigenvalue weighted by Crippen LogP contribution is -2.49. The molecule has 20 heavy (non-hydrogen) atoms. The summed E-state index contributed by atoms with van der Waals surface area (Å²) in [4.78, 5) is 14.9. The van der Waals surface area contributed by atoms with Crippen LogP contribution in [0, 0.1) is 0 Å². The van der Waals surface area contributed by atoms with Crippen LogP contribution in [0.3, 0.4) is 0 Å². The number of benzene rings is 1. The number of nitrogens with zero attached hydrogens (tertiary/aromatic N) is 1. The molecule has 0 saturated carbocycles. The monoisotopic (exact) mass is 273 g/mol. The van der Waals surface area contributed by atoms with E-state index < -0.39 is 0 Å². The van der Waals surface area contributed by atoms with Crippen molar-refractivity contribution >= 4 is 5.78 Å². The van der Waals surface area contributed by atoms with Crippen LogP contribution in [0.5, 0.6) is 0 Å². The SMILES string of the molecule is CC(C)c1ccc(CC(=O)C(C)(C)N2CCCC2)cc1. The van der Waals surface area contributed by atoms with Gasteiger partial charge in [-0.2, -0.15) is 0 Å². The Hall–Kier alpha value is -1.15. The van der Waals surface area contributed by atoms with Crippen molar-refractivity contribution in [3.05, 3.63) is 35.4 Å². The molecule has 1 aliphatic heterocycles. The fourth-order valence-corrected chi connectivity index (χ4v) is 2.87. The Labute approximate surface area is 123 Å². The Balaban J connectivity index is 2.03. The summed E-state index contributed by atoms with van der Waals surface area (Å²) in [7, 11) is 0. The van der Waals surface area contributed by atoms with E-state index in [1.54, 1.807) is 0 Å². The average Bonchev–Trinajstić information content (AvgIpc) is 2.93. The number of hydrogen-bond donors (Lipinski definition) is 0. The summed E-state index contributed by atoms with van der Waals surface area (Å²) in [5.74, 6) is 0.873. The van der Waals surface area contributed by atoms with Gasteiger partial charge in [0.2, 0.25) is 0 Å². The van der Waals surface area contributed by atoms with Crippen molar-refractivity contribution in [1.29, 1.82) is 0 Å². The zero-order chi connectivity index (χ0) is 14.8. The molecule has 0 atom stereocenters. The molecular weight excluding hydrogens is 246 g/mol. The molecule has 0 bridgehead atoms. The second-order valence-electron chi connectivity index (χ2n) is 6.75. The van der Waals surface area contributed by atoms with E-state index in [1.807, 2.05) is 0 Å². The van der Waals surface area contributed by atoms with Gasteiger partial charge in [-0.15, -0.1) is 0 Å². The highest BCUT2D eigenvalue weighted by molar-refractivity contribution is 5.89. The van der Waals surface area contributed by atoms with Gasteiger partial charge in [-0.25, -0.2) is 0 Å². The second kappa shape index (κ2) is 6.09. The van der Waals surface area contributed by atoms with Crippen molar-refractivity contribution in [1.82, 2.24) is 4.90 Å². The maximum atomic E-state index is 12.6. The van der Waals surface area contributed by atoms with Gasteiger partial charge in [-0.05, 0) is 56.8 Å². The molecule has 110 valence electrons. The number of carbonyl (C=O) groups excluding carboxylic acids is 1. The molecule has 0 spiro atoms. The van der Waals surface area contributed by atoms with Crippen LogP contribution in [0.25, 0.3) is 0 Å². The molecule has 0 unspecified atom stereocenters. The van der Waals surface area contributed by atoms with Crippen LogP contribution >= 0.6 is 0 Å². The summed E-state index contributed by atoms with van der Waals surface area (Å²) in [6, 6.07) is 8.51. The van der Waals surface area contributed by atoms with E-state index in [0.29, 0.717) is 18.1 Å². The lowest BCUT2D eigenvalue weighted by atomic mass is 9.91. The standard InChI is InChI=1S/C18H27NO/c1-14(2)16-9-7-15(8-10-16)13-17(20)18(3,4)19-11-5-6-12-19/h7-10,14H,5-6,11-13H2,1-4H3. The summed E-state index contributed by atoms with van der Waals surface area (Å²) < 4.78 is 0. The molecule has 0 radical (unpaired) electrons. The Bertz CT molecular complexity index is 453. The topological polar surface area (TPSA) is 20.3 Å². The van der Waals surface area contributed by atoms with E-state index in [4.69, 9.17) is 0 Å². The van der Waals surface area contributed by atoms with Gasteiger partial charge in [0, 0.05) is 6.42 Å². The first-order valence-electron chi connectivity index (χ1n) is 7.78. The Morgan fingerprint density at radius 1 is 1.15 bits per heavy atom. The van der Waals surface area contributed by atoms with Gasteiger partial charge in [0.1, 0.15) is 0 Å². The van der Waals surface area contributed by atoms with Gasteiger partial charge in [-0.3, -0.25) is 9.69 Å². The van der Waals surface area contributed by atoms with E-state index >= 15 is 0 Å². The van der Waals surface area contributed by atoms with Gasteiger partial charge in [-0.1, -0.05) is 38.1 Å². The number of rotatable bonds is 5. The molecule has 1 aromatic carbocycles. The molecule has 2 heteroatoms. The van der Waals surface area contributed by atoms with E-state index in [9.17, 15) is 4.79 Å². The number of carbonyl (C=O) groups is 1. The van der Waals surface area contributed by atoms with Gasteiger partial charge in [0.15, 0.2) is 5.78 Å². The third-order valence-electron chi connectivity index (χ3n) is 4.59. The molecule has 1 fully saturated rings. The molecule has 2 rings (SSSR count). The highest BCUT2D eigenvalue weighted by Crippen LogP contribution is 2.24. The van der Waals surface area contributed by atoms with Crippen LogP contribution in [-0.2, 0) is 11.2 Å². The minimum Gasteiger partial charge on any atom is -0.297 e. The van der Waals surface area contributed by atoms with E-state index in [-0.39, 0.29) is 5.54 Å². The summed E-state index contributed by atoms with van der Waals surface area (Å²) in [6.07, 6.45) is 2.99. The van der Waals surface area contributed by atoms with Gasteiger partial charge in [0.25, 0.3) is 0 Å². The average molecular weight is 273 g/mol. The Kier molecular flexibility index (Phi) is 4.64. The second-order valence-corrected chi connectivity index (χ2v) is 6.75. The molecule has 0 aromatic heterocycles. The Morgan fingerprint density at radius 3 is 2.20 bits per heavy atom. The van der Waals surface area contributed by atoms with Gasteiger partial charge < -0.3 is 0 Å². The lowest BCUT2D eigenvalue weighted by Gasteiger charge is -2.34. The molecule has 1 aliphatic rings. The van der Waals surface area contributed by atoms with Crippen molar-refractivity contribution in [2.75, 3.05) is 13.1 Å². The Morgan fingerprint density at radius 2 is 1.70 bits per heavy atom. The van der Waals surface area contributed by atoms with Crippen LogP contribution in [-0.4, -0.2) is 29.3 Å². The maximum Gasteiger partial charge on any atom is 0.156 e. The third-order valence-corrected chi connectivity index (χ3v) is 4.59. The van der Waals surface area contributed by atoms with Crippen LogP contribution in [0.1, 0.15) is 57.6 Å². The van der Waals surface area contributed by atoms with Gasteiger partial charge in [0.05, 0.1) is 5.54 Å². The van der Waals surface area contributed by atoms with Crippen LogP contribution < -0.4 is 0 Å². The largest absolute Gasteiger partial charge is 0.297 e. The van der Waals surface area contributed by atoms with E-state index in [0.717, 1.165) is 18.7 Å². The predicted octanol–water partition coefficient (Wildman–Crippen LogP) is 3.80. The van der Waals surface area contributed by atoms with Crippen molar-refractivity contribution in [3.63, 3.8) is 0 Å². The van der Waals surface area contributed by atoms with Crippen LogP contribution in [0.2, 0.25) is 0 Å². The van der Waals surface area contributed by atoms with Crippen molar-refractivity contribution in [2.24, 2.45) is 0 Å². The fourth-order valence-electron chi connectivity index (χ4n) is 2.87. The number of hydrogen-bond acceptors (Lipinski definition) is 2. The summed E-state index contributed by atoms with van der Waals surface area (Å²) in [5.41, 5.74) is 2.14. The summed E-state index contributed by atoms with van der Waals surface area (Å²) >= 11 is 0. The zero-order valence-electron chi connectivity index (χ0n) is 13.3.